The molecule has 1 amide bonds. The number of amides is 1. The van der Waals surface area contributed by atoms with Gasteiger partial charge in [0.15, 0.2) is 0 Å². The van der Waals surface area contributed by atoms with Crippen molar-refractivity contribution in [2.24, 2.45) is 0 Å². The summed E-state index contributed by atoms with van der Waals surface area (Å²) in [6.45, 7) is 3.85. The minimum absolute atomic E-state index is 0.0120. The molecule has 1 aromatic heterocycles. The lowest BCUT2D eigenvalue weighted by Crippen LogP contribution is -2.17. The molecule has 0 saturated carbocycles. The van der Waals surface area contributed by atoms with E-state index < -0.39 is 5.91 Å². The van der Waals surface area contributed by atoms with E-state index >= 15 is 0 Å². The summed E-state index contributed by atoms with van der Waals surface area (Å²) in [6.07, 6.45) is 1.50. The van der Waals surface area contributed by atoms with Gasteiger partial charge in [0.2, 0.25) is 5.82 Å². The first kappa shape index (κ1) is 21.0. The van der Waals surface area contributed by atoms with Crippen molar-refractivity contribution in [2.45, 2.75) is 13.8 Å². The van der Waals surface area contributed by atoms with Crippen LogP contribution < -0.4 is 10.1 Å². The third kappa shape index (κ3) is 5.03. The van der Waals surface area contributed by atoms with Gasteiger partial charge in [0.1, 0.15) is 12.4 Å². The quantitative estimate of drug-likeness (QED) is 0.591. The van der Waals surface area contributed by atoms with Gasteiger partial charge in [-0.05, 0) is 61.4 Å². The number of anilines is 1. The second-order valence-corrected chi connectivity index (χ2v) is 7.19. The highest BCUT2D eigenvalue weighted by molar-refractivity contribution is 6.35. The van der Waals surface area contributed by atoms with Gasteiger partial charge in [-0.2, -0.15) is 0 Å². The summed E-state index contributed by atoms with van der Waals surface area (Å²) >= 11 is 12.3. The molecule has 0 saturated heterocycles. The fourth-order valence-electron chi connectivity index (χ4n) is 2.85. The summed E-state index contributed by atoms with van der Waals surface area (Å²) in [4.78, 5) is 21.2. The Hall–Kier alpha value is -2.67. The number of nitrogens with zero attached hydrogens (tertiary/aromatic N) is 2. The molecule has 150 valence electrons. The first-order chi connectivity index (χ1) is 13.9. The maximum absolute atomic E-state index is 12.8. The van der Waals surface area contributed by atoms with Crippen molar-refractivity contribution in [3.05, 3.63) is 69.6 Å². The highest BCUT2D eigenvalue weighted by atomic mass is 35.5. The Balaban J connectivity index is 1.86. The normalized spacial score (nSPS) is 10.7. The summed E-state index contributed by atoms with van der Waals surface area (Å²) in [5, 5.41) is 12.7. The van der Waals surface area contributed by atoms with Crippen LogP contribution in [0.25, 0.3) is 11.3 Å². The molecule has 6 nitrogen and oxygen atoms in total. The van der Waals surface area contributed by atoms with Gasteiger partial charge in [0.25, 0.3) is 5.91 Å². The first-order valence-corrected chi connectivity index (χ1v) is 9.59. The Morgan fingerprint density at radius 1 is 1.14 bits per heavy atom. The van der Waals surface area contributed by atoms with Crippen LogP contribution in [0.3, 0.4) is 0 Å². The Labute approximate surface area is 178 Å². The molecule has 2 N–H and O–H groups in total. The maximum Gasteiger partial charge on any atom is 0.293 e. The van der Waals surface area contributed by atoms with Crippen molar-refractivity contribution in [1.29, 1.82) is 0 Å². The standard InChI is InChI=1S/C21H19Cl2N3O3/c1-12-9-15(29-8-7-27)10-13(2)19(12)26-21(28)20-24-6-5-18(25-20)16-11-14(22)3-4-17(16)23/h3-6,9-11,27H,7-8H2,1-2H3,(H,26,28). The zero-order valence-corrected chi connectivity index (χ0v) is 17.4. The summed E-state index contributed by atoms with van der Waals surface area (Å²) < 4.78 is 5.44. The molecule has 0 aliphatic rings. The van der Waals surface area contributed by atoms with E-state index in [0.717, 1.165) is 11.1 Å². The van der Waals surface area contributed by atoms with Crippen LogP contribution >= 0.6 is 23.2 Å². The monoisotopic (exact) mass is 431 g/mol. The van der Waals surface area contributed by atoms with Gasteiger partial charge < -0.3 is 15.2 Å². The fraction of sp³-hybridized carbons (Fsp3) is 0.190. The van der Waals surface area contributed by atoms with Crippen LogP contribution in [0.1, 0.15) is 21.7 Å². The molecule has 0 fully saturated rings. The number of aromatic nitrogens is 2. The SMILES string of the molecule is Cc1cc(OCCO)cc(C)c1NC(=O)c1nccc(-c2cc(Cl)ccc2Cl)n1. The number of carbonyl (C=O) groups is 1. The van der Waals surface area contributed by atoms with E-state index in [0.29, 0.717) is 32.7 Å². The average Bonchev–Trinajstić information content (AvgIpc) is 2.71. The van der Waals surface area contributed by atoms with Crippen LogP contribution in [0.4, 0.5) is 5.69 Å². The number of aliphatic hydroxyl groups is 1. The summed E-state index contributed by atoms with van der Waals surface area (Å²) in [5.74, 6) is 0.194. The fourth-order valence-corrected chi connectivity index (χ4v) is 3.24. The van der Waals surface area contributed by atoms with E-state index in [1.165, 1.54) is 6.20 Å². The number of halogens is 2. The predicted octanol–water partition coefficient (Wildman–Crippen LogP) is 4.69. The molecule has 29 heavy (non-hydrogen) atoms. The minimum Gasteiger partial charge on any atom is -0.491 e. The molecule has 0 unspecified atom stereocenters. The van der Waals surface area contributed by atoms with Crippen LogP contribution in [-0.4, -0.2) is 34.2 Å². The number of rotatable bonds is 6. The van der Waals surface area contributed by atoms with Gasteiger partial charge in [-0.15, -0.1) is 0 Å². The molecule has 3 aromatic rings. The van der Waals surface area contributed by atoms with Crippen molar-refractivity contribution >= 4 is 34.8 Å². The number of benzene rings is 2. The lowest BCUT2D eigenvalue weighted by molar-refractivity contribution is 0.101. The Bertz CT molecular complexity index is 1030. The van der Waals surface area contributed by atoms with E-state index in [-0.39, 0.29) is 19.0 Å². The maximum atomic E-state index is 12.8. The predicted molar refractivity (Wildman–Crippen MR) is 114 cm³/mol. The zero-order chi connectivity index (χ0) is 21.0. The lowest BCUT2D eigenvalue weighted by Gasteiger charge is -2.14. The molecule has 0 aliphatic heterocycles. The lowest BCUT2D eigenvalue weighted by atomic mass is 10.1. The summed E-state index contributed by atoms with van der Waals surface area (Å²) in [7, 11) is 0. The molecule has 8 heteroatoms. The van der Waals surface area contributed by atoms with E-state index in [9.17, 15) is 4.79 Å². The van der Waals surface area contributed by atoms with Crippen LogP contribution in [0, 0.1) is 13.8 Å². The Morgan fingerprint density at radius 2 is 1.86 bits per heavy atom. The van der Waals surface area contributed by atoms with E-state index in [1.54, 1.807) is 36.4 Å². The second kappa shape index (κ2) is 9.22. The number of aryl methyl sites for hydroxylation is 2. The highest BCUT2D eigenvalue weighted by Gasteiger charge is 2.15. The Kier molecular flexibility index (Phi) is 6.69. The molecule has 0 aliphatic carbocycles. The second-order valence-electron chi connectivity index (χ2n) is 6.35. The number of carbonyl (C=O) groups excluding carboxylic acids is 1. The average molecular weight is 432 g/mol. The van der Waals surface area contributed by atoms with Gasteiger partial charge in [-0.3, -0.25) is 4.79 Å². The van der Waals surface area contributed by atoms with Crippen LogP contribution in [0.5, 0.6) is 5.75 Å². The van der Waals surface area contributed by atoms with Gasteiger partial charge in [0, 0.05) is 22.5 Å². The van der Waals surface area contributed by atoms with Crippen molar-refractivity contribution < 1.29 is 14.6 Å². The molecule has 0 bridgehead atoms. The molecule has 1 heterocycles. The molecular formula is C21H19Cl2N3O3. The Morgan fingerprint density at radius 3 is 2.55 bits per heavy atom. The molecule has 0 radical (unpaired) electrons. The largest absolute Gasteiger partial charge is 0.491 e. The van der Waals surface area contributed by atoms with Crippen LogP contribution in [0.15, 0.2) is 42.6 Å². The zero-order valence-electron chi connectivity index (χ0n) is 15.9. The number of ether oxygens (including phenoxy) is 1. The minimum atomic E-state index is -0.444. The van der Waals surface area contributed by atoms with Gasteiger partial charge in [-0.25, -0.2) is 9.97 Å². The van der Waals surface area contributed by atoms with E-state index in [1.807, 2.05) is 13.8 Å². The number of nitrogens with one attached hydrogen (secondary N) is 1. The van der Waals surface area contributed by atoms with Gasteiger partial charge in [0.05, 0.1) is 17.3 Å². The van der Waals surface area contributed by atoms with Crippen LogP contribution in [-0.2, 0) is 0 Å². The van der Waals surface area contributed by atoms with Crippen molar-refractivity contribution in [3.8, 4) is 17.0 Å². The van der Waals surface area contributed by atoms with Crippen molar-refractivity contribution in [1.82, 2.24) is 9.97 Å². The third-order valence-electron chi connectivity index (χ3n) is 4.17. The molecular weight excluding hydrogens is 413 g/mol. The molecule has 0 spiro atoms. The van der Waals surface area contributed by atoms with Gasteiger partial charge >= 0.3 is 0 Å². The number of aliphatic hydroxyl groups excluding tert-OH is 1. The summed E-state index contributed by atoms with van der Waals surface area (Å²) in [6, 6.07) is 10.3. The van der Waals surface area contributed by atoms with Crippen LogP contribution in [0.2, 0.25) is 10.0 Å². The van der Waals surface area contributed by atoms with Crippen molar-refractivity contribution in [3.63, 3.8) is 0 Å². The van der Waals surface area contributed by atoms with Crippen molar-refractivity contribution in [2.75, 3.05) is 18.5 Å². The first-order valence-electron chi connectivity index (χ1n) is 8.83. The number of hydrogen-bond donors (Lipinski definition) is 2. The molecule has 0 atom stereocenters. The third-order valence-corrected chi connectivity index (χ3v) is 4.73. The van der Waals surface area contributed by atoms with Gasteiger partial charge in [-0.1, -0.05) is 23.2 Å². The molecule has 3 rings (SSSR count). The molecule has 2 aromatic carbocycles. The van der Waals surface area contributed by atoms with E-state index in [4.69, 9.17) is 33.0 Å². The summed E-state index contributed by atoms with van der Waals surface area (Å²) in [5.41, 5.74) is 3.41. The topological polar surface area (TPSA) is 84.3 Å². The smallest absolute Gasteiger partial charge is 0.293 e. The number of hydrogen-bond acceptors (Lipinski definition) is 5. The van der Waals surface area contributed by atoms with E-state index in [2.05, 4.69) is 15.3 Å². The highest BCUT2D eigenvalue weighted by Crippen LogP contribution is 2.30.